The Balaban J connectivity index is 1.44. The molecule has 1 aliphatic rings. The van der Waals surface area contributed by atoms with Gasteiger partial charge in [-0.3, -0.25) is 4.79 Å². The molecule has 0 saturated carbocycles. The van der Waals surface area contributed by atoms with Crippen LogP contribution < -0.4 is 0 Å². The number of aliphatic hydroxyl groups excluding tert-OH is 3. The molecular formula is C24H24FN5O5. The molecule has 10 nitrogen and oxygen atoms in total. The number of halogens is 1. The number of carbonyl (C=O) groups is 1. The molecule has 5 unspecified atom stereocenters. The molecule has 2 aromatic heterocycles. The monoisotopic (exact) mass is 481 g/mol. The van der Waals surface area contributed by atoms with E-state index in [0.29, 0.717) is 17.0 Å². The zero-order chi connectivity index (χ0) is 24.7. The number of ether oxygens (including phenoxy) is 1. The number of hydrogen-bond donors (Lipinski definition) is 4. The highest BCUT2D eigenvalue weighted by Crippen LogP contribution is 2.32. The number of aliphatic hydroxyl groups is 3. The molecule has 1 saturated heterocycles. The molecule has 1 fully saturated rings. The van der Waals surface area contributed by atoms with Gasteiger partial charge in [0.25, 0.3) is 5.91 Å². The minimum Gasteiger partial charge on any atom is -0.394 e. The van der Waals surface area contributed by atoms with Gasteiger partial charge in [0.15, 0.2) is 6.23 Å². The average molecular weight is 481 g/mol. The summed E-state index contributed by atoms with van der Waals surface area (Å²) in [5.41, 5.74) is 1.87. The van der Waals surface area contributed by atoms with Gasteiger partial charge in [0.05, 0.1) is 12.8 Å². The third kappa shape index (κ3) is 4.19. The third-order valence-corrected chi connectivity index (χ3v) is 6.27. The molecule has 5 rings (SSSR count). The zero-order valence-corrected chi connectivity index (χ0v) is 18.7. The minimum absolute atomic E-state index is 0.293. The molecule has 0 bridgehead atoms. The van der Waals surface area contributed by atoms with Crippen LogP contribution in [0.25, 0.3) is 22.2 Å². The summed E-state index contributed by atoms with van der Waals surface area (Å²) in [7, 11) is 1.46. The first-order chi connectivity index (χ1) is 16.9. The Morgan fingerprint density at radius 2 is 1.97 bits per heavy atom. The lowest BCUT2D eigenvalue weighted by atomic mass is 9.95. The molecule has 5 atom stereocenters. The topological polar surface area (TPSA) is 137 Å². The standard InChI is InChI=1S/C24H24FN5O5/c1-29(23(34)17-10-14-5-2-3-8-16(14)26-17)24-22(33)20(21(32)19(12-31)35-24)30-11-18(27-28-30)13-6-4-7-15(25)9-13/h2-11,19-22,24,26,31-33H,12H2,1H3. The fraction of sp³-hybridized carbons (Fsp3) is 0.292. The lowest BCUT2D eigenvalue weighted by Crippen LogP contribution is -2.61. The second-order valence-electron chi connectivity index (χ2n) is 8.50. The molecule has 4 N–H and O–H groups in total. The van der Waals surface area contributed by atoms with E-state index in [2.05, 4.69) is 15.3 Å². The molecule has 4 aromatic rings. The van der Waals surface area contributed by atoms with Crippen molar-refractivity contribution in [2.75, 3.05) is 13.7 Å². The summed E-state index contributed by atoms with van der Waals surface area (Å²) in [6.45, 7) is -0.555. The Morgan fingerprint density at radius 1 is 1.17 bits per heavy atom. The third-order valence-electron chi connectivity index (χ3n) is 6.27. The van der Waals surface area contributed by atoms with E-state index in [1.54, 1.807) is 12.1 Å². The molecule has 182 valence electrons. The molecule has 2 aromatic carbocycles. The van der Waals surface area contributed by atoms with E-state index in [0.717, 1.165) is 10.9 Å². The average Bonchev–Trinajstić information content (AvgIpc) is 3.51. The number of rotatable bonds is 5. The summed E-state index contributed by atoms with van der Waals surface area (Å²) in [6.07, 6.45) is -3.63. The summed E-state index contributed by atoms with van der Waals surface area (Å²) in [5, 5.41) is 40.7. The Kier molecular flexibility index (Phi) is 6.07. The fourth-order valence-electron chi connectivity index (χ4n) is 4.41. The maximum Gasteiger partial charge on any atom is 0.272 e. The number of hydrogen-bond acceptors (Lipinski definition) is 7. The summed E-state index contributed by atoms with van der Waals surface area (Å²) in [5.74, 6) is -0.892. The predicted molar refractivity (Wildman–Crippen MR) is 123 cm³/mol. The van der Waals surface area contributed by atoms with Crippen LogP contribution >= 0.6 is 0 Å². The van der Waals surface area contributed by atoms with E-state index < -0.39 is 48.9 Å². The van der Waals surface area contributed by atoms with Crippen LogP contribution in [-0.4, -0.2) is 84.3 Å². The molecule has 3 heterocycles. The van der Waals surface area contributed by atoms with Crippen LogP contribution in [0.15, 0.2) is 60.8 Å². The number of amides is 1. The van der Waals surface area contributed by atoms with Crippen molar-refractivity contribution in [3.8, 4) is 11.3 Å². The van der Waals surface area contributed by atoms with Gasteiger partial charge in [-0.25, -0.2) is 9.07 Å². The van der Waals surface area contributed by atoms with Gasteiger partial charge in [0.2, 0.25) is 0 Å². The molecule has 1 aliphatic heterocycles. The number of aromatic amines is 1. The Hall–Kier alpha value is -3.64. The van der Waals surface area contributed by atoms with Gasteiger partial charge >= 0.3 is 0 Å². The predicted octanol–water partition coefficient (Wildman–Crippen LogP) is 1.32. The fourth-order valence-corrected chi connectivity index (χ4v) is 4.41. The van der Waals surface area contributed by atoms with Crippen LogP contribution in [0, 0.1) is 5.82 Å². The molecule has 11 heteroatoms. The number of benzene rings is 2. The number of para-hydroxylation sites is 1. The van der Waals surface area contributed by atoms with Crippen molar-refractivity contribution in [2.45, 2.75) is 30.6 Å². The summed E-state index contributed by atoms with van der Waals surface area (Å²) >= 11 is 0. The quantitative estimate of drug-likeness (QED) is 0.337. The highest BCUT2D eigenvalue weighted by Gasteiger charge is 2.48. The number of aromatic nitrogens is 4. The summed E-state index contributed by atoms with van der Waals surface area (Å²) in [6, 6.07) is 13.8. The van der Waals surface area contributed by atoms with Crippen molar-refractivity contribution in [3.05, 3.63) is 72.3 Å². The van der Waals surface area contributed by atoms with Crippen LogP contribution in [0.1, 0.15) is 16.5 Å². The Bertz CT molecular complexity index is 1320. The first-order valence-electron chi connectivity index (χ1n) is 11.0. The molecule has 0 aliphatic carbocycles. The van der Waals surface area contributed by atoms with Crippen molar-refractivity contribution >= 4 is 16.8 Å². The second-order valence-corrected chi connectivity index (χ2v) is 8.50. The first kappa shape index (κ1) is 23.1. The van der Waals surface area contributed by atoms with Crippen molar-refractivity contribution in [1.82, 2.24) is 24.9 Å². The number of carbonyl (C=O) groups excluding carboxylic acids is 1. The lowest BCUT2D eigenvalue weighted by molar-refractivity contribution is -0.235. The van der Waals surface area contributed by atoms with Gasteiger partial charge in [0.1, 0.15) is 41.6 Å². The van der Waals surface area contributed by atoms with Crippen molar-refractivity contribution < 1.29 is 29.2 Å². The number of fused-ring (bicyclic) bond motifs is 1. The Morgan fingerprint density at radius 3 is 2.71 bits per heavy atom. The van der Waals surface area contributed by atoms with Crippen LogP contribution in [0.4, 0.5) is 4.39 Å². The van der Waals surface area contributed by atoms with Gasteiger partial charge in [-0.1, -0.05) is 35.5 Å². The first-order valence-corrected chi connectivity index (χ1v) is 11.0. The van der Waals surface area contributed by atoms with E-state index in [1.807, 2.05) is 24.3 Å². The molecular weight excluding hydrogens is 457 g/mol. The van der Waals surface area contributed by atoms with Gasteiger partial charge in [-0.2, -0.15) is 0 Å². The number of nitrogens with zero attached hydrogens (tertiary/aromatic N) is 4. The van der Waals surface area contributed by atoms with E-state index in [-0.39, 0.29) is 0 Å². The largest absolute Gasteiger partial charge is 0.394 e. The maximum atomic E-state index is 13.6. The van der Waals surface area contributed by atoms with Crippen LogP contribution in [-0.2, 0) is 4.74 Å². The van der Waals surface area contributed by atoms with Crippen molar-refractivity contribution in [1.29, 1.82) is 0 Å². The highest BCUT2D eigenvalue weighted by atomic mass is 19.1. The van der Waals surface area contributed by atoms with E-state index in [1.165, 1.54) is 41.0 Å². The molecule has 35 heavy (non-hydrogen) atoms. The van der Waals surface area contributed by atoms with Crippen molar-refractivity contribution in [3.63, 3.8) is 0 Å². The number of likely N-dealkylation sites (N-methyl/N-ethyl adjacent to an activating group) is 1. The second kappa shape index (κ2) is 9.19. The minimum atomic E-state index is -1.42. The van der Waals surface area contributed by atoms with E-state index in [4.69, 9.17) is 4.74 Å². The van der Waals surface area contributed by atoms with Gasteiger partial charge in [0, 0.05) is 23.5 Å². The SMILES string of the molecule is CN(C(=O)c1cc2ccccc2[nH]1)C1OC(CO)C(O)C(n2cc(-c3cccc(F)c3)nn2)C1O. The molecule has 0 spiro atoms. The normalized spacial score (nSPS) is 24.5. The van der Waals surface area contributed by atoms with E-state index in [9.17, 15) is 24.5 Å². The van der Waals surface area contributed by atoms with Gasteiger partial charge < -0.3 is 29.9 Å². The van der Waals surface area contributed by atoms with Crippen LogP contribution in [0.5, 0.6) is 0 Å². The highest BCUT2D eigenvalue weighted by molar-refractivity contribution is 5.98. The van der Waals surface area contributed by atoms with E-state index >= 15 is 0 Å². The number of H-pyrrole nitrogens is 1. The number of nitrogens with one attached hydrogen (secondary N) is 1. The smallest absolute Gasteiger partial charge is 0.272 e. The van der Waals surface area contributed by atoms with Crippen LogP contribution in [0.3, 0.4) is 0 Å². The molecule has 1 amide bonds. The zero-order valence-electron chi connectivity index (χ0n) is 18.7. The molecule has 0 radical (unpaired) electrons. The van der Waals surface area contributed by atoms with Crippen molar-refractivity contribution in [2.24, 2.45) is 0 Å². The lowest BCUT2D eigenvalue weighted by Gasteiger charge is -2.44. The summed E-state index contributed by atoms with van der Waals surface area (Å²) in [4.78, 5) is 17.5. The Labute approximate surface area is 199 Å². The maximum absolute atomic E-state index is 13.6. The van der Waals surface area contributed by atoms with Gasteiger partial charge in [-0.05, 0) is 24.3 Å². The summed E-state index contributed by atoms with van der Waals surface area (Å²) < 4.78 is 20.6. The van der Waals surface area contributed by atoms with Gasteiger partial charge in [-0.15, -0.1) is 5.10 Å². The van der Waals surface area contributed by atoms with Crippen LogP contribution in [0.2, 0.25) is 0 Å².